The standard InChI is InChI=1S/C36H26FN3/c37-34-31(38)22-23-32-33(34)35(27-21-20-25-12-10-11-13-26(25)24-27)39-40(32)36(28-14-4-1-5-15-28,29-16-6-2-7-17-29)30-18-8-3-9-19-30/h1-24H,38H2. The Bertz CT molecular complexity index is 1870. The molecule has 3 nitrogen and oxygen atoms in total. The third kappa shape index (κ3) is 3.61. The fourth-order valence-electron chi connectivity index (χ4n) is 5.89. The lowest BCUT2D eigenvalue weighted by molar-refractivity contribution is 0.477. The molecule has 0 unspecified atom stereocenters. The van der Waals surface area contributed by atoms with E-state index in [0.29, 0.717) is 16.6 Å². The normalized spacial score (nSPS) is 11.7. The number of nitrogens with zero attached hydrogens (tertiary/aromatic N) is 2. The molecular formula is C36H26FN3. The third-order valence-electron chi connectivity index (χ3n) is 7.73. The molecule has 0 amide bonds. The highest BCUT2D eigenvalue weighted by atomic mass is 19.1. The summed E-state index contributed by atoms with van der Waals surface area (Å²) < 4.78 is 18.1. The maximum atomic E-state index is 16.1. The lowest BCUT2D eigenvalue weighted by atomic mass is 9.77. The van der Waals surface area contributed by atoms with Crippen LogP contribution in [0.1, 0.15) is 16.7 Å². The van der Waals surface area contributed by atoms with E-state index >= 15 is 4.39 Å². The lowest BCUT2D eigenvalue weighted by Gasteiger charge is -2.37. The van der Waals surface area contributed by atoms with Gasteiger partial charge in [-0.15, -0.1) is 0 Å². The SMILES string of the molecule is Nc1ccc2c(c(-c3ccc4ccccc4c3)nn2C(c2ccccc2)(c2ccccc2)c2ccccc2)c1F. The van der Waals surface area contributed by atoms with Gasteiger partial charge in [0.05, 0.1) is 16.6 Å². The first-order chi connectivity index (χ1) is 19.7. The zero-order valence-electron chi connectivity index (χ0n) is 21.7. The summed E-state index contributed by atoms with van der Waals surface area (Å²) in [5, 5.41) is 7.87. The van der Waals surface area contributed by atoms with Crippen LogP contribution in [0, 0.1) is 5.82 Å². The van der Waals surface area contributed by atoms with Crippen LogP contribution in [0.15, 0.2) is 146 Å². The van der Waals surface area contributed by atoms with Crippen molar-refractivity contribution in [1.82, 2.24) is 9.78 Å². The molecule has 0 radical (unpaired) electrons. The van der Waals surface area contributed by atoms with Crippen LogP contribution < -0.4 is 5.73 Å². The smallest absolute Gasteiger partial charge is 0.157 e. The number of hydrogen-bond donors (Lipinski definition) is 1. The van der Waals surface area contributed by atoms with Crippen LogP contribution in [0.25, 0.3) is 32.9 Å². The molecule has 1 heterocycles. The fraction of sp³-hybridized carbons (Fsp3) is 0.0278. The quantitative estimate of drug-likeness (QED) is 0.183. The molecule has 0 saturated carbocycles. The summed E-state index contributed by atoms with van der Waals surface area (Å²) in [5.41, 5.74) is 10.5. The molecule has 0 spiro atoms. The summed E-state index contributed by atoms with van der Waals surface area (Å²) in [7, 11) is 0. The molecule has 1 aromatic heterocycles. The first kappa shape index (κ1) is 23.9. The maximum Gasteiger partial charge on any atom is 0.157 e. The van der Waals surface area contributed by atoms with Crippen molar-refractivity contribution in [3.8, 4) is 11.3 Å². The molecule has 2 N–H and O–H groups in total. The summed E-state index contributed by atoms with van der Waals surface area (Å²) in [6.07, 6.45) is 0. The number of rotatable bonds is 5. The molecule has 0 atom stereocenters. The van der Waals surface area contributed by atoms with Crippen LogP contribution in [0.2, 0.25) is 0 Å². The summed E-state index contributed by atoms with van der Waals surface area (Å²) in [5.74, 6) is -0.463. The fourth-order valence-corrected chi connectivity index (χ4v) is 5.89. The van der Waals surface area contributed by atoms with Gasteiger partial charge >= 0.3 is 0 Å². The van der Waals surface area contributed by atoms with Gasteiger partial charge in [0.25, 0.3) is 0 Å². The van der Waals surface area contributed by atoms with Gasteiger partial charge in [-0.2, -0.15) is 5.10 Å². The minimum absolute atomic E-state index is 0.0961. The largest absolute Gasteiger partial charge is 0.396 e. The van der Waals surface area contributed by atoms with Crippen molar-refractivity contribution in [1.29, 1.82) is 0 Å². The van der Waals surface area contributed by atoms with E-state index in [1.54, 1.807) is 6.07 Å². The van der Waals surface area contributed by atoms with E-state index in [-0.39, 0.29) is 5.69 Å². The monoisotopic (exact) mass is 519 g/mol. The Kier molecular flexibility index (Phi) is 5.67. The van der Waals surface area contributed by atoms with Crippen molar-refractivity contribution in [3.05, 3.63) is 168 Å². The second kappa shape index (κ2) is 9.51. The van der Waals surface area contributed by atoms with Gasteiger partial charge in [-0.05, 0) is 45.7 Å². The molecule has 6 aromatic carbocycles. The molecule has 0 aliphatic carbocycles. The van der Waals surface area contributed by atoms with Gasteiger partial charge in [0.2, 0.25) is 0 Å². The van der Waals surface area contributed by atoms with Gasteiger partial charge in [-0.3, -0.25) is 0 Å². The summed E-state index contributed by atoms with van der Waals surface area (Å²) in [6.45, 7) is 0. The van der Waals surface area contributed by atoms with Crippen LogP contribution >= 0.6 is 0 Å². The number of nitrogens with two attached hydrogens (primary N) is 1. The van der Waals surface area contributed by atoms with Crippen LogP contribution in [-0.2, 0) is 5.54 Å². The van der Waals surface area contributed by atoms with Gasteiger partial charge in [-0.25, -0.2) is 9.07 Å². The summed E-state index contributed by atoms with van der Waals surface area (Å²) in [4.78, 5) is 0. The zero-order valence-corrected chi connectivity index (χ0v) is 21.7. The van der Waals surface area contributed by atoms with E-state index in [1.165, 1.54) is 0 Å². The van der Waals surface area contributed by atoms with Crippen molar-refractivity contribution in [3.63, 3.8) is 0 Å². The Morgan fingerprint density at radius 3 is 1.68 bits per heavy atom. The number of aromatic nitrogens is 2. The average molecular weight is 520 g/mol. The van der Waals surface area contributed by atoms with E-state index < -0.39 is 11.4 Å². The van der Waals surface area contributed by atoms with Crippen molar-refractivity contribution in [2.75, 3.05) is 5.73 Å². The van der Waals surface area contributed by atoms with Crippen LogP contribution in [0.3, 0.4) is 0 Å². The molecular weight excluding hydrogens is 493 g/mol. The third-order valence-corrected chi connectivity index (χ3v) is 7.73. The Morgan fingerprint density at radius 1 is 0.575 bits per heavy atom. The molecule has 0 saturated heterocycles. The molecule has 0 aliphatic heterocycles. The molecule has 0 aliphatic rings. The summed E-state index contributed by atoms with van der Waals surface area (Å²) in [6, 6.07) is 48.7. The minimum Gasteiger partial charge on any atom is -0.396 e. The highest BCUT2D eigenvalue weighted by Crippen LogP contribution is 2.45. The molecule has 7 aromatic rings. The number of nitrogen functional groups attached to an aromatic ring is 1. The highest BCUT2D eigenvalue weighted by Gasteiger charge is 2.41. The van der Waals surface area contributed by atoms with Crippen molar-refractivity contribution >= 4 is 27.4 Å². The van der Waals surface area contributed by atoms with Crippen molar-refractivity contribution in [2.45, 2.75) is 5.54 Å². The zero-order chi connectivity index (χ0) is 27.1. The van der Waals surface area contributed by atoms with Crippen molar-refractivity contribution in [2.24, 2.45) is 0 Å². The molecule has 4 heteroatoms. The Labute approximate surface area is 232 Å². The first-order valence-corrected chi connectivity index (χ1v) is 13.3. The molecule has 40 heavy (non-hydrogen) atoms. The number of hydrogen-bond acceptors (Lipinski definition) is 2. The van der Waals surface area contributed by atoms with Crippen molar-refractivity contribution < 1.29 is 4.39 Å². The van der Waals surface area contributed by atoms with Gasteiger partial charge in [0.15, 0.2) is 5.82 Å². The lowest BCUT2D eigenvalue weighted by Crippen LogP contribution is -2.38. The van der Waals surface area contributed by atoms with E-state index in [4.69, 9.17) is 10.8 Å². The Balaban J connectivity index is 1.65. The Morgan fingerprint density at radius 2 is 1.10 bits per heavy atom. The van der Waals surface area contributed by atoms with Gasteiger partial charge in [0.1, 0.15) is 11.2 Å². The maximum absolute atomic E-state index is 16.1. The van der Waals surface area contributed by atoms with Crippen LogP contribution in [0.5, 0.6) is 0 Å². The first-order valence-electron chi connectivity index (χ1n) is 13.3. The molecule has 0 fully saturated rings. The van der Waals surface area contributed by atoms with E-state index in [0.717, 1.165) is 33.0 Å². The molecule has 7 rings (SSSR count). The van der Waals surface area contributed by atoms with Crippen LogP contribution in [0.4, 0.5) is 10.1 Å². The average Bonchev–Trinajstić information content (AvgIpc) is 3.41. The number of halogens is 1. The van der Waals surface area contributed by atoms with Gasteiger partial charge in [-0.1, -0.05) is 127 Å². The van der Waals surface area contributed by atoms with Crippen LogP contribution in [-0.4, -0.2) is 9.78 Å². The predicted octanol–water partition coefficient (Wildman–Crippen LogP) is 8.42. The molecule has 0 bridgehead atoms. The van der Waals surface area contributed by atoms with Gasteiger partial charge < -0.3 is 5.73 Å². The second-order valence-corrected chi connectivity index (χ2v) is 9.99. The highest BCUT2D eigenvalue weighted by molar-refractivity contribution is 5.98. The number of anilines is 1. The number of fused-ring (bicyclic) bond motifs is 2. The Hall–Kier alpha value is -5.22. The number of benzene rings is 6. The molecule has 192 valence electrons. The summed E-state index contributed by atoms with van der Waals surface area (Å²) >= 11 is 0. The van der Waals surface area contributed by atoms with Gasteiger partial charge in [0, 0.05) is 5.56 Å². The second-order valence-electron chi connectivity index (χ2n) is 9.99. The topological polar surface area (TPSA) is 43.8 Å². The van der Waals surface area contributed by atoms with E-state index in [1.807, 2.05) is 83.5 Å². The van der Waals surface area contributed by atoms with E-state index in [9.17, 15) is 0 Å². The minimum atomic E-state index is -0.889. The van der Waals surface area contributed by atoms with E-state index in [2.05, 4.69) is 60.7 Å². The predicted molar refractivity (Wildman–Crippen MR) is 162 cm³/mol.